The van der Waals surface area contributed by atoms with E-state index in [1.165, 1.54) is 6.07 Å². The molecule has 2 N–H and O–H groups in total. The zero-order valence-electron chi connectivity index (χ0n) is 12.2. The molecule has 1 unspecified atom stereocenters. The lowest BCUT2D eigenvalue weighted by atomic mass is 10.1. The van der Waals surface area contributed by atoms with Crippen molar-refractivity contribution in [1.82, 2.24) is 9.78 Å². The van der Waals surface area contributed by atoms with Crippen LogP contribution in [0.15, 0.2) is 35.1 Å². The van der Waals surface area contributed by atoms with Crippen molar-refractivity contribution in [1.29, 1.82) is 0 Å². The van der Waals surface area contributed by atoms with Gasteiger partial charge in [0.2, 0.25) is 5.91 Å². The monoisotopic (exact) mass is 365 g/mol. The van der Waals surface area contributed by atoms with E-state index in [0.717, 1.165) is 4.47 Å². The summed E-state index contributed by atoms with van der Waals surface area (Å²) in [7, 11) is 0. The van der Waals surface area contributed by atoms with E-state index in [4.69, 9.17) is 5.11 Å². The molecule has 0 bridgehead atoms. The van der Waals surface area contributed by atoms with Crippen molar-refractivity contribution in [2.75, 3.05) is 5.32 Å². The highest BCUT2D eigenvalue weighted by molar-refractivity contribution is 9.10. The van der Waals surface area contributed by atoms with Gasteiger partial charge in [0.15, 0.2) is 0 Å². The third-order valence-electron chi connectivity index (χ3n) is 3.33. The summed E-state index contributed by atoms with van der Waals surface area (Å²) >= 11 is 3.30. The highest BCUT2D eigenvalue weighted by Crippen LogP contribution is 2.20. The van der Waals surface area contributed by atoms with Crippen LogP contribution in [0.2, 0.25) is 0 Å². The molecule has 1 aromatic carbocycles. The SMILES string of the molecule is Cc1c(NC(=O)C(C)Cn2cc(Br)cn2)cccc1C(=O)O. The number of nitrogens with zero attached hydrogens (tertiary/aromatic N) is 2. The van der Waals surface area contributed by atoms with Gasteiger partial charge in [-0.15, -0.1) is 0 Å². The fraction of sp³-hybridized carbons (Fsp3) is 0.267. The van der Waals surface area contributed by atoms with Crippen molar-refractivity contribution in [3.63, 3.8) is 0 Å². The molecule has 116 valence electrons. The number of anilines is 1. The topological polar surface area (TPSA) is 84.2 Å². The number of halogens is 1. The summed E-state index contributed by atoms with van der Waals surface area (Å²) in [5, 5.41) is 16.0. The summed E-state index contributed by atoms with van der Waals surface area (Å²) in [6, 6.07) is 4.82. The van der Waals surface area contributed by atoms with Crippen LogP contribution < -0.4 is 5.32 Å². The van der Waals surface area contributed by atoms with Crippen molar-refractivity contribution < 1.29 is 14.7 Å². The van der Waals surface area contributed by atoms with E-state index in [2.05, 4.69) is 26.3 Å². The second-order valence-electron chi connectivity index (χ2n) is 5.05. The van der Waals surface area contributed by atoms with Crippen LogP contribution in [0, 0.1) is 12.8 Å². The van der Waals surface area contributed by atoms with E-state index in [0.29, 0.717) is 17.8 Å². The number of carbonyl (C=O) groups is 2. The third kappa shape index (κ3) is 3.73. The highest BCUT2D eigenvalue weighted by atomic mass is 79.9. The van der Waals surface area contributed by atoms with Gasteiger partial charge in [0.25, 0.3) is 0 Å². The Balaban J connectivity index is 2.08. The van der Waals surface area contributed by atoms with Gasteiger partial charge >= 0.3 is 5.97 Å². The molecule has 1 amide bonds. The number of rotatable bonds is 5. The van der Waals surface area contributed by atoms with Crippen LogP contribution in [0.4, 0.5) is 5.69 Å². The number of carboxylic acid groups (broad SMARTS) is 1. The van der Waals surface area contributed by atoms with Crippen molar-refractivity contribution >= 4 is 33.5 Å². The van der Waals surface area contributed by atoms with Crippen molar-refractivity contribution in [2.45, 2.75) is 20.4 Å². The van der Waals surface area contributed by atoms with Crippen LogP contribution >= 0.6 is 15.9 Å². The largest absolute Gasteiger partial charge is 0.478 e. The summed E-state index contributed by atoms with van der Waals surface area (Å²) in [5.41, 5.74) is 1.23. The number of aromatic carboxylic acids is 1. The molecule has 1 heterocycles. The molecule has 0 spiro atoms. The quantitative estimate of drug-likeness (QED) is 0.852. The van der Waals surface area contributed by atoms with Crippen LogP contribution in [0.3, 0.4) is 0 Å². The summed E-state index contributed by atoms with van der Waals surface area (Å²) < 4.78 is 2.53. The van der Waals surface area contributed by atoms with Crippen molar-refractivity contribution in [2.24, 2.45) is 5.92 Å². The van der Waals surface area contributed by atoms with Gasteiger partial charge in [0.1, 0.15) is 0 Å². The fourth-order valence-electron chi connectivity index (χ4n) is 2.06. The summed E-state index contributed by atoms with van der Waals surface area (Å²) in [6.45, 7) is 3.91. The molecule has 0 radical (unpaired) electrons. The summed E-state index contributed by atoms with van der Waals surface area (Å²) in [4.78, 5) is 23.4. The standard InChI is InChI=1S/C15H16BrN3O3/c1-9(7-19-8-11(16)6-17-19)14(20)18-13-5-3-4-12(10(13)2)15(21)22/h3-6,8-9H,7H2,1-2H3,(H,18,20)(H,21,22). The van der Waals surface area contributed by atoms with Gasteiger partial charge in [-0.25, -0.2) is 4.79 Å². The van der Waals surface area contributed by atoms with Gasteiger partial charge < -0.3 is 10.4 Å². The van der Waals surface area contributed by atoms with Crippen LogP contribution in [0.5, 0.6) is 0 Å². The molecule has 7 heteroatoms. The van der Waals surface area contributed by atoms with E-state index in [1.54, 1.807) is 43.1 Å². The molecular weight excluding hydrogens is 350 g/mol. The number of benzene rings is 1. The first-order chi connectivity index (χ1) is 10.4. The molecule has 0 aliphatic rings. The number of nitrogens with one attached hydrogen (secondary N) is 1. The predicted molar refractivity (Wildman–Crippen MR) is 85.9 cm³/mol. The molecule has 6 nitrogen and oxygen atoms in total. The summed E-state index contributed by atoms with van der Waals surface area (Å²) in [5.74, 6) is -1.50. The maximum atomic E-state index is 12.2. The van der Waals surface area contributed by atoms with Gasteiger partial charge in [0.05, 0.1) is 28.7 Å². The third-order valence-corrected chi connectivity index (χ3v) is 3.74. The minimum absolute atomic E-state index is 0.182. The number of carbonyl (C=O) groups excluding carboxylic acids is 1. The van der Waals surface area contributed by atoms with Gasteiger partial charge in [-0.3, -0.25) is 9.48 Å². The average molecular weight is 366 g/mol. The van der Waals surface area contributed by atoms with Gasteiger partial charge in [-0.05, 0) is 40.5 Å². The number of aromatic nitrogens is 2. The molecule has 0 saturated carbocycles. The van der Waals surface area contributed by atoms with Crippen molar-refractivity contribution in [3.8, 4) is 0 Å². The maximum Gasteiger partial charge on any atom is 0.336 e. The molecule has 2 rings (SSSR count). The summed E-state index contributed by atoms with van der Waals surface area (Å²) in [6.07, 6.45) is 3.45. The van der Waals surface area contributed by atoms with Gasteiger partial charge in [0, 0.05) is 11.9 Å². The fourth-order valence-corrected chi connectivity index (χ4v) is 2.39. The number of carboxylic acids is 1. The number of hydrogen-bond donors (Lipinski definition) is 2. The zero-order valence-corrected chi connectivity index (χ0v) is 13.8. The van der Waals surface area contributed by atoms with Gasteiger partial charge in [-0.1, -0.05) is 13.0 Å². The zero-order chi connectivity index (χ0) is 16.3. The van der Waals surface area contributed by atoms with Gasteiger partial charge in [-0.2, -0.15) is 5.10 Å². The Morgan fingerprint density at radius 1 is 1.45 bits per heavy atom. The number of hydrogen-bond acceptors (Lipinski definition) is 3. The first-order valence-corrected chi connectivity index (χ1v) is 7.49. The van der Waals surface area contributed by atoms with Crippen LogP contribution in [-0.2, 0) is 11.3 Å². The predicted octanol–water partition coefficient (Wildman–Crippen LogP) is 2.93. The lowest BCUT2D eigenvalue weighted by Crippen LogP contribution is -2.25. The first-order valence-electron chi connectivity index (χ1n) is 6.70. The van der Waals surface area contributed by atoms with Crippen LogP contribution in [0.25, 0.3) is 0 Å². The lowest BCUT2D eigenvalue weighted by molar-refractivity contribution is -0.119. The molecular formula is C15H16BrN3O3. The molecule has 1 aromatic heterocycles. The Bertz CT molecular complexity index is 712. The minimum Gasteiger partial charge on any atom is -0.478 e. The smallest absolute Gasteiger partial charge is 0.336 e. The molecule has 2 aromatic rings. The molecule has 0 aliphatic carbocycles. The molecule has 1 atom stereocenters. The van der Waals surface area contributed by atoms with E-state index in [-0.39, 0.29) is 17.4 Å². The van der Waals surface area contributed by atoms with Crippen molar-refractivity contribution in [3.05, 3.63) is 46.2 Å². The average Bonchev–Trinajstić information content (AvgIpc) is 2.86. The number of amides is 1. The van der Waals surface area contributed by atoms with E-state index in [1.807, 2.05) is 0 Å². The molecule has 0 saturated heterocycles. The van der Waals surface area contributed by atoms with Crippen LogP contribution in [-0.4, -0.2) is 26.8 Å². The minimum atomic E-state index is -1.01. The van der Waals surface area contributed by atoms with E-state index < -0.39 is 5.97 Å². The van der Waals surface area contributed by atoms with E-state index in [9.17, 15) is 9.59 Å². The maximum absolute atomic E-state index is 12.2. The Kier molecular flexibility index (Phi) is 4.97. The Labute approximate surface area is 136 Å². The van der Waals surface area contributed by atoms with Crippen LogP contribution in [0.1, 0.15) is 22.8 Å². The molecule has 0 aliphatic heterocycles. The first kappa shape index (κ1) is 16.2. The Morgan fingerprint density at radius 2 is 2.18 bits per heavy atom. The molecule has 22 heavy (non-hydrogen) atoms. The Morgan fingerprint density at radius 3 is 2.77 bits per heavy atom. The molecule has 0 fully saturated rings. The van der Waals surface area contributed by atoms with E-state index >= 15 is 0 Å². The Hall–Kier alpha value is -2.15. The second-order valence-corrected chi connectivity index (χ2v) is 5.97. The normalized spacial score (nSPS) is 12.0. The second kappa shape index (κ2) is 6.74. The lowest BCUT2D eigenvalue weighted by Gasteiger charge is -2.14. The highest BCUT2D eigenvalue weighted by Gasteiger charge is 2.17.